The SMILES string of the molecule is COc1cc2c(cc1O)CCN1Cc3c(ccc(OC)c3OS(=O)c3ccccc3)CC21. The molecule has 7 heteroatoms. The van der Waals surface area contributed by atoms with E-state index in [0.717, 1.165) is 36.1 Å². The molecule has 0 saturated heterocycles. The molecule has 0 amide bonds. The molecule has 0 saturated carbocycles. The van der Waals surface area contributed by atoms with Gasteiger partial charge in [-0.3, -0.25) is 4.90 Å². The molecule has 5 rings (SSSR count). The topological polar surface area (TPSA) is 68.2 Å². The van der Waals surface area contributed by atoms with Crippen molar-refractivity contribution in [2.75, 3.05) is 20.8 Å². The van der Waals surface area contributed by atoms with Gasteiger partial charge in [0, 0.05) is 24.7 Å². The molecule has 0 aliphatic carbocycles. The summed E-state index contributed by atoms with van der Waals surface area (Å²) >= 11 is -1.64. The van der Waals surface area contributed by atoms with Gasteiger partial charge in [0.05, 0.1) is 19.1 Å². The summed E-state index contributed by atoms with van der Waals surface area (Å²) in [7, 11) is 3.17. The highest BCUT2D eigenvalue weighted by Crippen LogP contribution is 2.46. The van der Waals surface area contributed by atoms with Crippen molar-refractivity contribution < 1.29 is 23.0 Å². The molecule has 0 radical (unpaired) electrons. The van der Waals surface area contributed by atoms with Crippen molar-refractivity contribution in [3.05, 3.63) is 76.9 Å². The number of methoxy groups -OCH3 is 2. The summed E-state index contributed by atoms with van der Waals surface area (Å²) in [6, 6.07) is 17.1. The molecular weight excluding hydrogens is 426 g/mol. The summed E-state index contributed by atoms with van der Waals surface area (Å²) in [5.74, 6) is 1.79. The van der Waals surface area contributed by atoms with Gasteiger partial charge in [-0.05, 0) is 59.9 Å². The van der Waals surface area contributed by atoms with Crippen molar-refractivity contribution in [3.63, 3.8) is 0 Å². The first kappa shape index (κ1) is 20.8. The van der Waals surface area contributed by atoms with E-state index < -0.39 is 11.1 Å². The number of benzene rings is 3. The van der Waals surface area contributed by atoms with Crippen LogP contribution in [0.3, 0.4) is 0 Å². The minimum atomic E-state index is -1.64. The molecule has 3 aromatic rings. The first-order valence-corrected chi connectivity index (χ1v) is 11.6. The highest BCUT2D eigenvalue weighted by molar-refractivity contribution is 7.80. The van der Waals surface area contributed by atoms with E-state index in [2.05, 4.69) is 11.0 Å². The number of aromatic hydroxyl groups is 1. The lowest BCUT2D eigenvalue weighted by atomic mass is 9.83. The molecule has 0 bridgehead atoms. The summed E-state index contributed by atoms with van der Waals surface area (Å²) in [6.45, 7) is 1.53. The van der Waals surface area contributed by atoms with Crippen molar-refractivity contribution in [1.29, 1.82) is 0 Å². The lowest BCUT2D eigenvalue weighted by Crippen LogP contribution is -2.39. The van der Waals surface area contributed by atoms with Crippen LogP contribution in [0.25, 0.3) is 0 Å². The highest BCUT2D eigenvalue weighted by atomic mass is 32.2. The Morgan fingerprint density at radius 3 is 2.53 bits per heavy atom. The molecule has 2 aliphatic heterocycles. The van der Waals surface area contributed by atoms with Gasteiger partial charge < -0.3 is 18.8 Å². The summed E-state index contributed by atoms with van der Waals surface area (Å²) in [5, 5.41) is 10.2. The fourth-order valence-corrected chi connectivity index (χ4v) is 5.50. The number of hydrogen-bond acceptors (Lipinski definition) is 6. The Bertz CT molecular complexity index is 1180. The second kappa shape index (κ2) is 8.48. The maximum Gasteiger partial charge on any atom is 0.240 e. The largest absolute Gasteiger partial charge is 0.504 e. The third-order valence-electron chi connectivity index (χ3n) is 6.32. The average Bonchev–Trinajstić information content (AvgIpc) is 2.83. The van der Waals surface area contributed by atoms with Crippen LogP contribution < -0.4 is 13.7 Å². The van der Waals surface area contributed by atoms with Gasteiger partial charge in [0.25, 0.3) is 0 Å². The molecule has 6 nitrogen and oxygen atoms in total. The summed E-state index contributed by atoms with van der Waals surface area (Å²) in [4.78, 5) is 3.01. The van der Waals surface area contributed by atoms with Crippen LogP contribution in [-0.2, 0) is 30.5 Å². The number of phenols is 1. The zero-order valence-electron chi connectivity index (χ0n) is 18.0. The van der Waals surface area contributed by atoms with Crippen LogP contribution in [-0.4, -0.2) is 35.0 Å². The van der Waals surface area contributed by atoms with Gasteiger partial charge in [-0.1, -0.05) is 24.3 Å². The number of phenolic OH excluding ortho intramolecular Hbond substituents is 1. The maximum atomic E-state index is 12.9. The molecule has 2 atom stereocenters. The van der Waals surface area contributed by atoms with E-state index in [1.54, 1.807) is 26.4 Å². The third kappa shape index (κ3) is 3.61. The Hall–Kier alpha value is -3.03. The number of hydrogen-bond donors (Lipinski definition) is 1. The molecule has 0 fully saturated rings. The first-order valence-electron chi connectivity index (χ1n) is 10.6. The fourth-order valence-electron chi connectivity index (χ4n) is 4.69. The van der Waals surface area contributed by atoms with E-state index >= 15 is 0 Å². The summed E-state index contributed by atoms with van der Waals surface area (Å²) in [6.07, 6.45) is 1.63. The Morgan fingerprint density at radius 2 is 1.78 bits per heavy atom. The van der Waals surface area contributed by atoms with Gasteiger partial charge in [-0.2, -0.15) is 0 Å². The second-order valence-corrected chi connectivity index (χ2v) is 9.14. The Balaban J connectivity index is 1.52. The second-order valence-electron chi connectivity index (χ2n) is 8.03. The van der Waals surface area contributed by atoms with E-state index in [1.165, 1.54) is 5.56 Å². The minimum Gasteiger partial charge on any atom is -0.504 e. The zero-order valence-corrected chi connectivity index (χ0v) is 18.9. The van der Waals surface area contributed by atoms with E-state index in [9.17, 15) is 9.32 Å². The molecule has 2 aliphatic rings. The van der Waals surface area contributed by atoms with Gasteiger partial charge >= 0.3 is 0 Å². The van der Waals surface area contributed by atoms with Gasteiger partial charge in [-0.25, -0.2) is 4.21 Å². The Kier molecular flexibility index (Phi) is 5.53. The van der Waals surface area contributed by atoms with E-state index in [4.69, 9.17) is 13.7 Å². The van der Waals surface area contributed by atoms with Gasteiger partial charge in [0.2, 0.25) is 11.1 Å². The predicted octanol–water partition coefficient (Wildman–Crippen LogP) is 4.17. The fraction of sp³-hybridized carbons (Fsp3) is 0.280. The quantitative estimate of drug-likeness (QED) is 0.628. The standard InChI is InChI=1S/C25H25NO5S/c1-29-23-9-8-16-12-21-19-14-24(30-2)22(27)13-17(19)10-11-26(21)15-20(16)25(23)31-32(28)18-6-4-3-5-7-18/h3-9,13-14,21,27H,10-12,15H2,1-2H3. The van der Waals surface area contributed by atoms with Gasteiger partial charge in [0.1, 0.15) is 0 Å². The van der Waals surface area contributed by atoms with Crippen LogP contribution in [0.15, 0.2) is 59.5 Å². The lowest BCUT2D eigenvalue weighted by Gasteiger charge is -2.42. The predicted molar refractivity (Wildman–Crippen MR) is 122 cm³/mol. The smallest absolute Gasteiger partial charge is 0.240 e. The molecule has 0 aromatic heterocycles. The normalized spacial score (nSPS) is 18.1. The van der Waals surface area contributed by atoms with E-state index in [-0.39, 0.29) is 11.8 Å². The molecule has 1 N–H and O–H groups in total. The number of nitrogens with zero attached hydrogens (tertiary/aromatic N) is 1. The minimum absolute atomic E-state index is 0.180. The monoisotopic (exact) mass is 451 g/mol. The third-order valence-corrected chi connectivity index (χ3v) is 7.29. The average molecular weight is 452 g/mol. The summed E-state index contributed by atoms with van der Waals surface area (Å²) in [5.41, 5.74) is 4.50. The highest BCUT2D eigenvalue weighted by Gasteiger charge is 2.35. The molecule has 32 heavy (non-hydrogen) atoms. The van der Waals surface area contributed by atoms with Crippen LogP contribution in [0.5, 0.6) is 23.0 Å². The maximum absolute atomic E-state index is 12.9. The number of rotatable bonds is 5. The summed E-state index contributed by atoms with van der Waals surface area (Å²) < 4.78 is 29.8. The lowest BCUT2D eigenvalue weighted by molar-refractivity contribution is 0.158. The van der Waals surface area contributed by atoms with Crippen molar-refractivity contribution >= 4 is 11.1 Å². The molecule has 166 valence electrons. The molecule has 0 spiro atoms. The number of fused-ring (bicyclic) bond motifs is 4. The van der Waals surface area contributed by atoms with E-state index in [1.807, 2.05) is 36.4 Å². The van der Waals surface area contributed by atoms with Crippen molar-refractivity contribution in [3.8, 4) is 23.0 Å². The van der Waals surface area contributed by atoms with Gasteiger partial charge in [-0.15, -0.1) is 0 Å². The van der Waals surface area contributed by atoms with Crippen molar-refractivity contribution in [2.24, 2.45) is 0 Å². The van der Waals surface area contributed by atoms with Crippen LogP contribution in [0.1, 0.15) is 28.3 Å². The van der Waals surface area contributed by atoms with Crippen LogP contribution in [0.4, 0.5) is 0 Å². The van der Waals surface area contributed by atoms with Crippen LogP contribution in [0, 0.1) is 0 Å². The van der Waals surface area contributed by atoms with Crippen LogP contribution in [0.2, 0.25) is 0 Å². The molecule has 3 aromatic carbocycles. The Morgan fingerprint density at radius 1 is 1.00 bits per heavy atom. The van der Waals surface area contributed by atoms with E-state index in [0.29, 0.717) is 28.7 Å². The first-order chi connectivity index (χ1) is 15.6. The van der Waals surface area contributed by atoms with Gasteiger partial charge in [0.15, 0.2) is 23.0 Å². The zero-order chi connectivity index (χ0) is 22.2. The number of ether oxygens (including phenoxy) is 2. The van der Waals surface area contributed by atoms with Crippen molar-refractivity contribution in [2.45, 2.75) is 30.3 Å². The molecule has 2 unspecified atom stereocenters. The van der Waals surface area contributed by atoms with Crippen molar-refractivity contribution in [1.82, 2.24) is 4.90 Å². The Labute approximate surface area is 190 Å². The van der Waals surface area contributed by atoms with Crippen LogP contribution >= 0.6 is 0 Å². The molecular formula is C25H25NO5S. The molecule has 2 heterocycles.